The van der Waals surface area contributed by atoms with Gasteiger partial charge in [0.1, 0.15) is 17.7 Å². The fourth-order valence-corrected chi connectivity index (χ4v) is 9.25. The Morgan fingerprint density at radius 2 is 1.90 bits per heavy atom. The molecule has 3 saturated heterocycles. The molecule has 12 heteroatoms. The standard InChI is InChI=1S/C39H56BrN3O8/c1-8-11-18-30(45)41-29(23-49-7)33(26-16-13-12-14-17-26)50-38(48)31-32-36(46)43(27(22-44)20-24(4)5)35(39(32)21-28(40)34(31)51-39)37(47)42(19-10-3)25(6)15-9-2/h8,10,12-14,16-17,24-25,27-29,31-35,44H,1,3,9,11,15,18-23H2,2,4-7H3,(H,41,45)/t25?,27-,28?,29+,31-,32+,33+,34-,35-,39+/m1/s1. The largest absolute Gasteiger partial charge is 0.455 e. The molecule has 3 amide bonds. The summed E-state index contributed by atoms with van der Waals surface area (Å²) in [6.07, 6.45) is 4.69. The van der Waals surface area contributed by atoms with Crippen molar-refractivity contribution in [3.8, 4) is 0 Å². The normalized spacial score (nSPS) is 27.4. The number of alkyl halides is 1. The van der Waals surface area contributed by atoms with Crippen molar-refractivity contribution in [3.05, 3.63) is 61.2 Å². The minimum absolute atomic E-state index is 0.0530. The van der Waals surface area contributed by atoms with E-state index in [0.717, 1.165) is 12.8 Å². The minimum Gasteiger partial charge on any atom is -0.455 e. The Morgan fingerprint density at radius 3 is 2.49 bits per heavy atom. The molecule has 3 fully saturated rings. The summed E-state index contributed by atoms with van der Waals surface area (Å²) in [7, 11) is 1.50. The SMILES string of the molecule is C=CCCC(=O)N[C@@H](COC)[C@@H](OC(=O)[C@H]1[C@@H]2O[C@@]3(CC2Br)[C@@H]1C(=O)N([C@@H](CO)CC(C)C)[C@@H]3C(=O)N(CC=C)C(C)CCC)c1ccccc1. The summed E-state index contributed by atoms with van der Waals surface area (Å²) in [5, 5.41) is 13.7. The molecule has 3 aliphatic heterocycles. The number of allylic oxidation sites excluding steroid dienone is 1. The molecule has 2 N–H and O–H groups in total. The van der Waals surface area contributed by atoms with Gasteiger partial charge >= 0.3 is 5.97 Å². The Hall–Kier alpha value is -3.06. The molecule has 282 valence electrons. The van der Waals surface area contributed by atoms with E-state index in [1.807, 2.05) is 51.1 Å². The van der Waals surface area contributed by atoms with Crippen LogP contribution in [0.3, 0.4) is 0 Å². The van der Waals surface area contributed by atoms with Gasteiger partial charge in [-0.1, -0.05) is 85.6 Å². The lowest BCUT2D eigenvalue weighted by atomic mass is 9.70. The summed E-state index contributed by atoms with van der Waals surface area (Å²) in [5.41, 5.74) is -0.694. The van der Waals surface area contributed by atoms with Gasteiger partial charge in [0.15, 0.2) is 0 Å². The summed E-state index contributed by atoms with van der Waals surface area (Å²) < 4.78 is 18.6. The molecule has 1 spiro atoms. The van der Waals surface area contributed by atoms with Crippen LogP contribution in [0.1, 0.15) is 77.9 Å². The Morgan fingerprint density at radius 1 is 1.20 bits per heavy atom. The molecule has 2 unspecified atom stereocenters. The molecule has 1 aromatic carbocycles. The summed E-state index contributed by atoms with van der Waals surface area (Å²) in [4.78, 5) is 60.1. The second-order valence-electron chi connectivity index (χ2n) is 14.5. The molecule has 10 atom stereocenters. The number of nitrogens with zero attached hydrogens (tertiary/aromatic N) is 2. The van der Waals surface area contributed by atoms with E-state index in [4.69, 9.17) is 14.2 Å². The van der Waals surface area contributed by atoms with Crippen molar-refractivity contribution in [1.82, 2.24) is 15.1 Å². The number of nitrogens with one attached hydrogen (secondary N) is 1. The molecular weight excluding hydrogens is 718 g/mol. The van der Waals surface area contributed by atoms with Gasteiger partial charge in [0, 0.05) is 30.9 Å². The van der Waals surface area contributed by atoms with Crippen LogP contribution in [0.15, 0.2) is 55.6 Å². The van der Waals surface area contributed by atoms with E-state index in [0.29, 0.717) is 24.8 Å². The number of hydrogen-bond donors (Lipinski definition) is 2. The number of likely N-dealkylation sites (tertiary alicyclic amines) is 1. The van der Waals surface area contributed by atoms with Crippen LogP contribution in [0, 0.1) is 17.8 Å². The zero-order chi connectivity index (χ0) is 37.5. The third-order valence-electron chi connectivity index (χ3n) is 10.4. The first-order valence-electron chi connectivity index (χ1n) is 18.2. The van der Waals surface area contributed by atoms with Crippen LogP contribution in [-0.4, -0.2) is 106 Å². The van der Waals surface area contributed by atoms with Gasteiger partial charge in [-0.2, -0.15) is 0 Å². The highest BCUT2D eigenvalue weighted by atomic mass is 79.9. The van der Waals surface area contributed by atoms with E-state index in [1.165, 1.54) is 12.0 Å². The molecule has 0 aromatic heterocycles. The lowest BCUT2D eigenvalue weighted by molar-refractivity contribution is -0.163. The molecule has 4 rings (SSSR count). The number of carbonyl (C=O) groups excluding carboxylic acids is 4. The maximum atomic E-state index is 14.9. The van der Waals surface area contributed by atoms with Gasteiger partial charge in [-0.05, 0) is 44.1 Å². The Kier molecular flexibility index (Phi) is 14.5. The molecule has 0 saturated carbocycles. The van der Waals surface area contributed by atoms with Crippen LogP contribution < -0.4 is 5.32 Å². The number of fused-ring (bicyclic) bond motifs is 1. The van der Waals surface area contributed by atoms with Crippen LogP contribution in [0.25, 0.3) is 0 Å². The van der Waals surface area contributed by atoms with Crippen molar-refractivity contribution < 1.29 is 38.5 Å². The zero-order valence-corrected chi connectivity index (χ0v) is 32.3. The number of carbonyl (C=O) groups is 4. The maximum absolute atomic E-state index is 14.9. The molecule has 11 nitrogen and oxygen atoms in total. The number of methoxy groups -OCH3 is 1. The lowest BCUT2D eigenvalue weighted by Crippen LogP contribution is -2.60. The number of halogens is 1. The number of amides is 3. The fourth-order valence-electron chi connectivity index (χ4n) is 8.31. The number of ether oxygens (including phenoxy) is 3. The molecule has 51 heavy (non-hydrogen) atoms. The first kappa shape index (κ1) is 40.7. The summed E-state index contributed by atoms with van der Waals surface area (Å²) >= 11 is 3.75. The number of aliphatic hydroxyl groups is 1. The fraction of sp³-hybridized carbons (Fsp3) is 0.641. The zero-order valence-electron chi connectivity index (χ0n) is 30.7. The quantitative estimate of drug-likeness (QED) is 0.111. The molecule has 0 aliphatic carbocycles. The van der Waals surface area contributed by atoms with Crippen LogP contribution in [0.5, 0.6) is 0 Å². The van der Waals surface area contributed by atoms with E-state index in [1.54, 1.807) is 17.1 Å². The number of esters is 1. The van der Waals surface area contributed by atoms with Crippen molar-refractivity contribution in [2.45, 2.75) is 113 Å². The van der Waals surface area contributed by atoms with Gasteiger partial charge in [0.05, 0.1) is 43.2 Å². The number of rotatable bonds is 20. The van der Waals surface area contributed by atoms with Crippen LogP contribution in [0.2, 0.25) is 0 Å². The van der Waals surface area contributed by atoms with Gasteiger partial charge in [-0.25, -0.2) is 0 Å². The third kappa shape index (κ3) is 8.45. The average molecular weight is 775 g/mol. The maximum Gasteiger partial charge on any atom is 0.313 e. The molecule has 0 radical (unpaired) electrons. The smallest absolute Gasteiger partial charge is 0.313 e. The predicted octanol–water partition coefficient (Wildman–Crippen LogP) is 4.73. The van der Waals surface area contributed by atoms with Gasteiger partial charge in [0.25, 0.3) is 0 Å². The highest BCUT2D eigenvalue weighted by Crippen LogP contribution is 2.61. The molecule has 1 aromatic rings. The van der Waals surface area contributed by atoms with E-state index in [-0.39, 0.29) is 54.8 Å². The topological polar surface area (TPSA) is 135 Å². The number of aliphatic hydroxyl groups excluding tert-OH is 1. The Labute approximate surface area is 311 Å². The molecule has 2 bridgehead atoms. The third-order valence-corrected chi connectivity index (χ3v) is 11.3. The summed E-state index contributed by atoms with van der Waals surface area (Å²) in [5.74, 6) is -3.57. The first-order valence-corrected chi connectivity index (χ1v) is 19.1. The van der Waals surface area contributed by atoms with Gasteiger partial charge in [0.2, 0.25) is 17.7 Å². The molecule has 3 heterocycles. The lowest BCUT2D eigenvalue weighted by Gasteiger charge is -2.41. The summed E-state index contributed by atoms with van der Waals surface area (Å²) in [6.45, 7) is 15.6. The number of hydrogen-bond acceptors (Lipinski definition) is 8. The predicted molar refractivity (Wildman–Crippen MR) is 198 cm³/mol. The average Bonchev–Trinajstić information content (AvgIpc) is 3.70. The molecular formula is C39H56BrN3O8. The van der Waals surface area contributed by atoms with Crippen molar-refractivity contribution >= 4 is 39.6 Å². The molecule has 3 aliphatic rings. The summed E-state index contributed by atoms with van der Waals surface area (Å²) in [6, 6.07) is 6.47. The van der Waals surface area contributed by atoms with Crippen LogP contribution >= 0.6 is 15.9 Å². The Bertz CT molecular complexity index is 1390. The van der Waals surface area contributed by atoms with Crippen LogP contribution in [-0.2, 0) is 33.4 Å². The van der Waals surface area contributed by atoms with Crippen molar-refractivity contribution in [2.24, 2.45) is 17.8 Å². The van der Waals surface area contributed by atoms with Crippen molar-refractivity contribution in [2.75, 3.05) is 26.9 Å². The van der Waals surface area contributed by atoms with Crippen LogP contribution in [0.4, 0.5) is 0 Å². The highest BCUT2D eigenvalue weighted by molar-refractivity contribution is 9.09. The van der Waals surface area contributed by atoms with Crippen molar-refractivity contribution in [3.63, 3.8) is 0 Å². The van der Waals surface area contributed by atoms with Crippen molar-refractivity contribution in [1.29, 1.82) is 0 Å². The van der Waals surface area contributed by atoms with E-state index in [2.05, 4.69) is 41.3 Å². The Balaban J connectivity index is 1.78. The van der Waals surface area contributed by atoms with E-state index >= 15 is 0 Å². The van der Waals surface area contributed by atoms with Gasteiger partial charge in [-0.3, -0.25) is 19.2 Å². The number of benzene rings is 1. The minimum atomic E-state index is -1.33. The highest BCUT2D eigenvalue weighted by Gasteiger charge is 2.77. The second-order valence-corrected chi connectivity index (χ2v) is 15.7. The van der Waals surface area contributed by atoms with E-state index < -0.39 is 59.6 Å². The van der Waals surface area contributed by atoms with E-state index in [9.17, 15) is 24.3 Å². The van der Waals surface area contributed by atoms with Gasteiger partial charge < -0.3 is 34.4 Å². The monoisotopic (exact) mass is 773 g/mol. The van der Waals surface area contributed by atoms with Gasteiger partial charge in [-0.15, -0.1) is 13.2 Å². The second kappa shape index (κ2) is 18.1. The first-order chi connectivity index (χ1) is 24.4.